The summed E-state index contributed by atoms with van der Waals surface area (Å²) in [4.78, 5) is 24.3. The Labute approximate surface area is 246 Å². The average molecular weight is 565 g/mol. The number of hydrogen-bond acceptors (Lipinski definition) is 6. The zero-order valence-electron chi connectivity index (χ0n) is 24.2. The molecule has 0 bridgehead atoms. The molecule has 2 saturated heterocycles. The van der Waals surface area contributed by atoms with E-state index >= 15 is 0 Å². The van der Waals surface area contributed by atoms with Gasteiger partial charge in [-0.2, -0.15) is 0 Å². The van der Waals surface area contributed by atoms with Crippen molar-refractivity contribution in [1.29, 1.82) is 5.41 Å². The molecule has 0 aliphatic carbocycles. The maximum absolute atomic E-state index is 13.8. The van der Waals surface area contributed by atoms with Crippen LogP contribution in [0.2, 0.25) is 0 Å². The third kappa shape index (κ3) is 6.11. The van der Waals surface area contributed by atoms with Crippen molar-refractivity contribution >= 4 is 17.7 Å². The van der Waals surface area contributed by atoms with E-state index in [1.807, 2.05) is 47.5 Å². The van der Waals surface area contributed by atoms with Gasteiger partial charge in [-0.1, -0.05) is 18.2 Å². The molecule has 2 aliphatic rings. The predicted molar refractivity (Wildman–Crippen MR) is 166 cm³/mol. The Morgan fingerprint density at radius 1 is 1.00 bits per heavy atom. The zero-order chi connectivity index (χ0) is 29.1. The van der Waals surface area contributed by atoms with Gasteiger partial charge in [0.2, 0.25) is 0 Å². The molecule has 0 unspecified atom stereocenters. The second-order valence-electron chi connectivity index (χ2n) is 11.2. The molecule has 1 atom stereocenters. The van der Waals surface area contributed by atoms with Gasteiger partial charge in [0.25, 0.3) is 0 Å². The fourth-order valence-electron chi connectivity index (χ4n) is 5.88. The highest BCUT2D eigenvalue weighted by atomic mass is 19.1. The van der Waals surface area contributed by atoms with E-state index < -0.39 is 0 Å². The minimum Gasteiger partial charge on any atom is -0.354 e. The third-order valence-electron chi connectivity index (χ3n) is 8.23. The number of hydrogen-bond donors (Lipinski definition) is 2. The number of H-pyrrole nitrogens is 1. The van der Waals surface area contributed by atoms with Gasteiger partial charge < -0.3 is 14.8 Å². The second-order valence-corrected chi connectivity index (χ2v) is 11.2. The number of pyridine rings is 2. The zero-order valence-corrected chi connectivity index (χ0v) is 24.2. The topological polar surface area (TPSA) is 88.0 Å². The van der Waals surface area contributed by atoms with Gasteiger partial charge in [0.1, 0.15) is 23.3 Å². The first-order valence-electron chi connectivity index (χ1n) is 14.7. The van der Waals surface area contributed by atoms with Crippen LogP contribution in [0, 0.1) is 11.2 Å². The van der Waals surface area contributed by atoms with Crippen molar-refractivity contribution in [2.24, 2.45) is 0 Å². The van der Waals surface area contributed by atoms with E-state index in [2.05, 4.69) is 44.7 Å². The van der Waals surface area contributed by atoms with Crippen LogP contribution in [-0.2, 0) is 0 Å². The van der Waals surface area contributed by atoms with Gasteiger partial charge in [-0.05, 0) is 80.8 Å². The molecule has 1 aromatic carbocycles. The number of aromatic nitrogens is 4. The molecule has 0 amide bonds. The summed E-state index contributed by atoms with van der Waals surface area (Å²) in [5, 5.41) is 8.66. The summed E-state index contributed by atoms with van der Waals surface area (Å²) >= 11 is 0. The first-order valence-corrected chi connectivity index (χ1v) is 14.7. The SMILES string of the molecule is CC(C)N1CCN(c2cc(-c3cccc(-c4cnc(/C=C\C(=N)N5CCC[C@@H]5c5cccc(F)c5)[nH]4)n3)ccn2)CC1. The normalized spacial score (nSPS) is 18.0. The summed E-state index contributed by atoms with van der Waals surface area (Å²) in [5.41, 5.74) is 4.42. The summed E-state index contributed by atoms with van der Waals surface area (Å²) in [5.74, 6) is 1.78. The number of piperazine rings is 1. The maximum Gasteiger partial charge on any atom is 0.130 e. The van der Waals surface area contributed by atoms with E-state index in [0.29, 0.717) is 17.7 Å². The van der Waals surface area contributed by atoms with E-state index in [4.69, 9.17) is 10.4 Å². The van der Waals surface area contributed by atoms with Gasteiger partial charge in [0.15, 0.2) is 0 Å². The number of amidine groups is 1. The molecule has 0 saturated carbocycles. The Morgan fingerprint density at radius 2 is 1.81 bits per heavy atom. The lowest BCUT2D eigenvalue weighted by molar-refractivity contribution is 0.209. The van der Waals surface area contributed by atoms with Gasteiger partial charge in [-0.25, -0.2) is 19.3 Å². The Morgan fingerprint density at radius 3 is 2.62 bits per heavy atom. The summed E-state index contributed by atoms with van der Waals surface area (Å²) in [6.07, 6.45) is 9.07. The van der Waals surface area contributed by atoms with Crippen LogP contribution in [0.5, 0.6) is 0 Å². The van der Waals surface area contributed by atoms with Crippen molar-refractivity contribution < 1.29 is 4.39 Å². The molecule has 8 nitrogen and oxygen atoms in total. The fourth-order valence-corrected chi connectivity index (χ4v) is 5.88. The molecule has 6 rings (SSSR count). The molecule has 0 radical (unpaired) electrons. The molecule has 2 fully saturated rings. The van der Waals surface area contributed by atoms with Gasteiger partial charge in [-0.3, -0.25) is 10.3 Å². The molecule has 0 spiro atoms. The summed E-state index contributed by atoms with van der Waals surface area (Å²) in [6.45, 7) is 9.28. The van der Waals surface area contributed by atoms with Gasteiger partial charge in [-0.15, -0.1) is 0 Å². The predicted octanol–water partition coefficient (Wildman–Crippen LogP) is 6.03. The number of nitrogens with zero attached hydrogens (tertiary/aromatic N) is 6. The maximum atomic E-state index is 13.8. The quantitative estimate of drug-likeness (QED) is 0.211. The molecular formula is C33H37FN8. The molecule has 3 aromatic heterocycles. The van der Waals surface area contributed by atoms with Crippen LogP contribution in [0.4, 0.5) is 10.2 Å². The number of rotatable bonds is 7. The molecule has 5 heterocycles. The van der Waals surface area contributed by atoms with Crippen LogP contribution in [0.3, 0.4) is 0 Å². The average Bonchev–Trinajstić information content (AvgIpc) is 3.71. The molecular weight excluding hydrogens is 527 g/mol. The van der Waals surface area contributed by atoms with Crippen LogP contribution in [-0.4, -0.2) is 74.3 Å². The van der Waals surface area contributed by atoms with Crippen LogP contribution in [0.1, 0.15) is 44.1 Å². The number of likely N-dealkylation sites (tertiary alicyclic amines) is 1. The monoisotopic (exact) mass is 564 g/mol. The highest BCUT2D eigenvalue weighted by molar-refractivity contribution is 5.94. The minimum atomic E-state index is -0.244. The van der Waals surface area contributed by atoms with Crippen molar-refractivity contribution in [3.05, 3.63) is 90.3 Å². The van der Waals surface area contributed by atoms with Gasteiger partial charge >= 0.3 is 0 Å². The summed E-state index contributed by atoms with van der Waals surface area (Å²) < 4.78 is 13.8. The van der Waals surface area contributed by atoms with E-state index in [0.717, 1.165) is 79.6 Å². The lowest BCUT2D eigenvalue weighted by Crippen LogP contribution is -2.49. The van der Waals surface area contributed by atoms with E-state index in [-0.39, 0.29) is 11.9 Å². The van der Waals surface area contributed by atoms with Crippen molar-refractivity contribution in [3.63, 3.8) is 0 Å². The van der Waals surface area contributed by atoms with Crippen molar-refractivity contribution in [2.45, 2.75) is 38.8 Å². The van der Waals surface area contributed by atoms with Crippen molar-refractivity contribution in [3.8, 4) is 22.6 Å². The largest absolute Gasteiger partial charge is 0.354 e. The smallest absolute Gasteiger partial charge is 0.130 e. The third-order valence-corrected chi connectivity index (χ3v) is 8.23. The van der Waals surface area contributed by atoms with Crippen molar-refractivity contribution in [1.82, 2.24) is 29.7 Å². The van der Waals surface area contributed by atoms with Crippen LogP contribution >= 0.6 is 0 Å². The lowest BCUT2D eigenvalue weighted by Gasteiger charge is -2.37. The van der Waals surface area contributed by atoms with E-state index in [1.165, 1.54) is 6.07 Å². The molecule has 2 aliphatic heterocycles. The number of halogens is 1. The van der Waals surface area contributed by atoms with Crippen LogP contribution < -0.4 is 4.90 Å². The first kappa shape index (κ1) is 27.8. The first-order chi connectivity index (χ1) is 20.4. The minimum absolute atomic E-state index is 0.00954. The van der Waals surface area contributed by atoms with Crippen LogP contribution in [0.25, 0.3) is 28.7 Å². The van der Waals surface area contributed by atoms with Crippen LogP contribution in [0.15, 0.2) is 73.1 Å². The van der Waals surface area contributed by atoms with E-state index in [9.17, 15) is 4.39 Å². The molecule has 2 N–H and O–H groups in total. The number of aromatic amines is 1. The number of anilines is 1. The second kappa shape index (κ2) is 12.2. The molecule has 42 heavy (non-hydrogen) atoms. The summed E-state index contributed by atoms with van der Waals surface area (Å²) in [6, 6.07) is 17.4. The fraction of sp³-hybridized carbons (Fsp3) is 0.333. The highest BCUT2D eigenvalue weighted by Crippen LogP contribution is 2.32. The van der Waals surface area contributed by atoms with Gasteiger partial charge in [0.05, 0.1) is 29.3 Å². The molecule has 216 valence electrons. The molecule has 4 aromatic rings. The Kier molecular flexibility index (Phi) is 8.10. The van der Waals surface area contributed by atoms with Gasteiger partial charge in [0, 0.05) is 50.5 Å². The van der Waals surface area contributed by atoms with Crippen molar-refractivity contribution in [2.75, 3.05) is 37.6 Å². The Hall–Kier alpha value is -4.37. The lowest BCUT2D eigenvalue weighted by atomic mass is 10.0. The Balaban J connectivity index is 1.14. The standard InChI is InChI=1S/C33H37FN8/c1-23(2)40-16-18-41(19-17-40)33-21-24(13-14-36-33)27-8-4-9-28(38-27)29-22-37-32(39-29)12-11-31(35)42-15-5-10-30(42)25-6-3-7-26(34)20-25/h3-4,6-9,11-14,20-23,30,35H,5,10,15-19H2,1-2H3,(H,37,39)/b12-11-,35-31?/t30-/m1/s1. The number of nitrogens with one attached hydrogen (secondary N) is 2. The highest BCUT2D eigenvalue weighted by Gasteiger charge is 2.27. The number of benzene rings is 1. The molecule has 9 heteroatoms. The Bertz CT molecular complexity index is 1570. The summed E-state index contributed by atoms with van der Waals surface area (Å²) in [7, 11) is 0. The van der Waals surface area contributed by atoms with E-state index in [1.54, 1.807) is 24.4 Å². The number of imidazole rings is 1.